The summed E-state index contributed by atoms with van der Waals surface area (Å²) in [5.41, 5.74) is 3.82. The first-order valence-electron chi connectivity index (χ1n) is 6.17. The maximum absolute atomic E-state index is 9.24. The predicted octanol–water partition coefficient (Wildman–Crippen LogP) is 3.47. The van der Waals surface area contributed by atoms with E-state index in [0.29, 0.717) is 0 Å². The Morgan fingerprint density at radius 2 is 1.84 bits per heavy atom. The van der Waals surface area contributed by atoms with Crippen LogP contribution in [0.1, 0.15) is 5.56 Å². The highest BCUT2D eigenvalue weighted by atomic mass is 16.3. The van der Waals surface area contributed by atoms with E-state index in [0.717, 1.165) is 27.8 Å². The zero-order chi connectivity index (χ0) is 13.1. The normalized spacial score (nSPS) is 10.6. The first-order chi connectivity index (χ1) is 9.36. The molecule has 0 aliphatic rings. The van der Waals surface area contributed by atoms with Gasteiger partial charge in [0.2, 0.25) is 0 Å². The van der Waals surface area contributed by atoms with Gasteiger partial charge in [-0.05, 0) is 35.9 Å². The maximum atomic E-state index is 9.24. The van der Waals surface area contributed by atoms with Crippen LogP contribution in [0.25, 0.3) is 10.9 Å². The van der Waals surface area contributed by atoms with Crippen LogP contribution in [-0.4, -0.2) is 10.1 Å². The van der Waals surface area contributed by atoms with Crippen molar-refractivity contribution in [3.8, 4) is 0 Å². The summed E-state index contributed by atoms with van der Waals surface area (Å²) in [6.45, 7) is 0.0373. The second kappa shape index (κ2) is 5.08. The molecule has 2 N–H and O–H groups in total. The van der Waals surface area contributed by atoms with Gasteiger partial charge in [0, 0.05) is 23.0 Å². The summed E-state index contributed by atoms with van der Waals surface area (Å²) in [5.74, 6) is 0. The highest BCUT2D eigenvalue weighted by Gasteiger charge is 2.03. The lowest BCUT2D eigenvalue weighted by atomic mass is 10.1. The van der Waals surface area contributed by atoms with Crippen molar-refractivity contribution >= 4 is 22.3 Å². The minimum Gasteiger partial charge on any atom is -0.392 e. The molecule has 94 valence electrons. The van der Waals surface area contributed by atoms with Crippen LogP contribution in [0.3, 0.4) is 0 Å². The van der Waals surface area contributed by atoms with Gasteiger partial charge in [-0.2, -0.15) is 0 Å². The number of anilines is 2. The molecule has 1 aromatic heterocycles. The number of aliphatic hydroxyl groups is 1. The molecule has 19 heavy (non-hydrogen) atoms. The van der Waals surface area contributed by atoms with Crippen molar-refractivity contribution in [3.63, 3.8) is 0 Å². The number of nitrogens with zero attached hydrogens (tertiary/aromatic N) is 1. The lowest BCUT2D eigenvalue weighted by Crippen LogP contribution is -1.93. The summed E-state index contributed by atoms with van der Waals surface area (Å²) in [7, 11) is 0. The monoisotopic (exact) mass is 250 g/mol. The van der Waals surface area contributed by atoms with Crippen LogP contribution in [0, 0.1) is 0 Å². The lowest BCUT2D eigenvalue weighted by molar-refractivity contribution is 0.282. The van der Waals surface area contributed by atoms with Gasteiger partial charge in [0.15, 0.2) is 0 Å². The second-order valence-corrected chi connectivity index (χ2v) is 4.36. The van der Waals surface area contributed by atoms with Crippen molar-refractivity contribution in [2.24, 2.45) is 0 Å². The van der Waals surface area contributed by atoms with Gasteiger partial charge in [0.05, 0.1) is 12.1 Å². The van der Waals surface area contributed by atoms with Gasteiger partial charge >= 0.3 is 0 Å². The molecule has 0 unspecified atom stereocenters. The molecule has 3 nitrogen and oxygen atoms in total. The molecule has 3 heteroatoms. The summed E-state index contributed by atoms with van der Waals surface area (Å²) in [4.78, 5) is 4.34. The van der Waals surface area contributed by atoms with E-state index in [-0.39, 0.29) is 6.61 Å². The molecule has 0 saturated heterocycles. The molecule has 2 aromatic carbocycles. The molecule has 0 amide bonds. The Hall–Kier alpha value is -2.39. The van der Waals surface area contributed by atoms with Crippen LogP contribution >= 0.6 is 0 Å². The third-order valence-electron chi connectivity index (χ3n) is 3.04. The summed E-state index contributed by atoms with van der Waals surface area (Å²) in [6.07, 6.45) is 1.78. The van der Waals surface area contributed by atoms with E-state index in [2.05, 4.69) is 10.3 Å². The van der Waals surface area contributed by atoms with Crippen molar-refractivity contribution < 1.29 is 5.11 Å². The summed E-state index contributed by atoms with van der Waals surface area (Å²) < 4.78 is 0. The van der Waals surface area contributed by atoms with E-state index < -0.39 is 0 Å². The minimum atomic E-state index is 0.0373. The van der Waals surface area contributed by atoms with E-state index in [1.165, 1.54) is 0 Å². The third-order valence-corrected chi connectivity index (χ3v) is 3.04. The van der Waals surface area contributed by atoms with Gasteiger partial charge in [-0.25, -0.2) is 0 Å². The standard InChI is InChI=1S/C16H14N2O/c19-11-12-6-7-15-14(10-12)16(8-9-17-15)18-13-4-2-1-3-5-13/h1-10,19H,11H2,(H,17,18). The highest BCUT2D eigenvalue weighted by molar-refractivity contribution is 5.93. The number of fused-ring (bicyclic) bond motifs is 1. The zero-order valence-corrected chi connectivity index (χ0v) is 10.4. The molecular weight excluding hydrogens is 236 g/mol. The van der Waals surface area contributed by atoms with Gasteiger partial charge < -0.3 is 10.4 Å². The number of aliphatic hydroxyl groups excluding tert-OH is 1. The van der Waals surface area contributed by atoms with Crippen molar-refractivity contribution in [3.05, 3.63) is 66.4 Å². The number of hydrogen-bond acceptors (Lipinski definition) is 3. The number of benzene rings is 2. The molecule has 0 aliphatic carbocycles. The maximum Gasteiger partial charge on any atom is 0.0723 e. The average Bonchev–Trinajstić information content (AvgIpc) is 2.48. The third kappa shape index (κ3) is 2.41. The van der Waals surface area contributed by atoms with Gasteiger partial charge in [-0.1, -0.05) is 24.3 Å². The van der Waals surface area contributed by atoms with Gasteiger partial charge in [0.25, 0.3) is 0 Å². The SMILES string of the molecule is OCc1ccc2nccc(Nc3ccccc3)c2c1. The highest BCUT2D eigenvalue weighted by Crippen LogP contribution is 2.25. The molecule has 0 bridgehead atoms. The molecule has 0 atom stereocenters. The predicted molar refractivity (Wildman–Crippen MR) is 77.4 cm³/mol. The van der Waals surface area contributed by atoms with Crippen molar-refractivity contribution in [2.45, 2.75) is 6.61 Å². The Bertz CT molecular complexity index is 695. The summed E-state index contributed by atoms with van der Waals surface area (Å²) in [6, 6.07) is 17.7. The van der Waals surface area contributed by atoms with E-state index in [1.807, 2.05) is 54.6 Å². The average molecular weight is 250 g/mol. The summed E-state index contributed by atoms with van der Waals surface area (Å²) in [5, 5.41) is 13.6. The first kappa shape index (κ1) is 11.7. The van der Waals surface area contributed by atoms with Crippen LogP contribution in [0.5, 0.6) is 0 Å². The molecule has 0 fully saturated rings. The molecule has 0 radical (unpaired) electrons. The Balaban J connectivity index is 2.07. The molecule has 1 heterocycles. The second-order valence-electron chi connectivity index (χ2n) is 4.36. The minimum absolute atomic E-state index is 0.0373. The number of aromatic nitrogens is 1. The molecule has 3 aromatic rings. The fraction of sp³-hybridized carbons (Fsp3) is 0.0625. The Kier molecular flexibility index (Phi) is 3.12. The fourth-order valence-electron chi connectivity index (χ4n) is 2.08. The molecule has 0 saturated carbocycles. The Labute approximate surface area is 111 Å². The van der Waals surface area contributed by atoms with E-state index >= 15 is 0 Å². The lowest BCUT2D eigenvalue weighted by Gasteiger charge is -2.10. The fourth-order valence-corrected chi connectivity index (χ4v) is 2.08. The van der Waals surface area contributed by atoms with Gasteiger partial charge in [0.1, 0.15) is 0 Å². The smallest absolute Gasteiger partial charge is 0.0723 e. The molecule has 0 spiro atoms. The molecular formula is C16H14N2O. The van der Waals surface area contributed by atoms with Crippen LogP contribution in [-0.2, 0) is 6.61 Å². The van der Waals surface area contributed by atoms with Gasteiger partial charge in [-0.15, -0.1) is 0 Å². The Morgan fingerprint density at radius 3 is 2.63 bits per heavy atom. The van der Waals surface area contributed by atoms with Crippen LogP contribution < -0.4 is 5.32 Å². The van der Waals surface area contributed by atoms with Crippen molar-refractivity contribution in [2.75, 3.05) is 5.32 Å². The quantitative estimate of drug-likeness (QED) is 0.748. The van der Waals surface area contributed by atoms with Crippen LogP contribution in [0.2, 0.25) is 0 Å². The zero-order valence-electron chi connectivity index (χ0n) is 10.4. The molecule has 0 aliphatic heterocycles. The largest absolute Gasteiger partial charge is 0.392 e. The number of para-hydroxylation sites is 1. The number of hydrogen-bond donors (Lipinski definition) is 2. The van der Waals surface area contributed by atoms with Crippen LogP contribution in [0.15, 0.2) is 60.8 Å². The Morgan fingerprint density at radius 1 is 1.00 bits per heavy atom. The number of pyridine rings is 1. The first-order valence-corrected chi connectivity index (χ1v) is 6.17. The van der Waals surface area contributed by atoms with Crippen LogP contribution in [0.4, 0.5) is 11.4 Å². The number of nitrogens with one attached hydrogen (secondary N) is 1. The van der Waals surface area contributed by atoms with E-state index in [4.69, 9.17) is 0 Å². The molecule has 3 rings (SSSR count). The van der Waals surface area contributed by atoms with E-state index in [9.17, 15) is 5.11 Å². The van der Waals surface area contributed by atoms with Gasteiger partial charge in [-0.3, -0.25) is 4.98 Å². The van der Waals surface area contributed by atoms with Crippen molar-refractivity contribution in [1.29, 1.82) is 0 Å². The summed E-state index contributed by atoms with van der Waals surface area (Å²) >= 11 is 0. The number of rotatable bonds is 3. The van der Waals surface area contributed by atoms with Crippen molar-refractivity contribution in [1.82, 2.24) is 4.98 Å². The van der Waals surface area contributed by atoms with E-state index in [1.54, 1.807) is 6.20 Å². The topological polar surface area (TPSA) is 45.2 Å².